The molecular weight excluding hydrogens is 418 g/mol. The normalized spacial score (nSPS) is 13.2. The summed E-state index contributed by atoms with van der Waals surface area (Å²) in [5, 5.41) is 1.22. The van der Waals surface area contributed by atoms with E-state index in [9.17, 15) is 9.59 Å². The van der Waals surface area contributed by atoms with Crippen LogP contribution in [0.25, 0.3) is 0 Å². The first-order valence-electron chi connectivity index (χ1n) is 9.81. The van der Waals surface area contributed by atoms with Crippen LogP contribution in [0.5, 0.6) is 0 Å². The van der Waals surface area contributed by atoms with E-state index in [2.05, 4.69) is 22.1 Å². The van der Waals surface area contributed by atoms with Crippen molar-refractivity contribution in [1.29, 1.82) is 0 Å². The molecular formula is C23H22ClN3O2S. The molecule has 30 heavy (non-hydrogen) atoms. The molecule has 3 aromatic rings. The van der Waals surface area contributed by atoms with Crippen LogP contribution in [0.3, 0.4) is 0 Å². The quantitative estimate of drug-likeness (QED) is 0.479. The van der Waals surface area contributed by atoms with Gasteiger partial charge in [0.05, 0.1) is 6.42 Å². The fourth-order valence-corrected chi connectivity index (χ4v) is 4.67. The predicted octanol–water partition coefficient (Wildman–Crippen LogP) is 4.15. The number of hydrogen-bond acceptors (Lipinski definition) is 4. The highest BCUT2D eigenvalue weighted by Crippen LogP contribution is 2.22. The van der Waals surface area contributed by atoms with E-state index < -0.39 is 0 Å². The summed E-state index contributed by atoms with van der Waals surface area (Å²) in [7, 11) is 0. The second-order valence-electron chi connectivity index (χ2n) is 7.36. The highest BCUT2D eigenvalue weighted by molar-refractivity contribution is 7.98. The third kappa shape index (κ3) is 4.77. The van der Waals surface area contributed by atoms with Crippen LogP contribution in [-0.4, -0.2) is 27.3 Å². The molecule has 0 fully saturated rings. The minimum atomic E-state index is -0.248. The molecule has 4 rings (SSSR count). The molecule has 0 aliphatic carbocycles. The van der Waals surface area contributed by atoms with Crippen molar-refractivity contribution in [2.45, 2.75) is 37.2 Å². The van der Waals surface area contributed by atoms with Gasteiger partial charge in [0.15, 0.2) is 5.16 Å². The third-order valence-electron chi connectivity index (χ3n) is 5.28. The number of nitrogens with one attached hydrogen (secondary N) is 1. The van der Waals surface area contributed by atoms with Crippen LogP contribution in [-0.2, 0) is 29.9 Å². The zero-order valence-corrected chi connectivity index (χ0v) is 18.2. The molecule has 154 valence electrons. The third-order valence-corrected chi connectivity index (χ3v) is 6.46. The molecule has 2 heterocycles. The average Bonchev–Trinajstić information content (AvgIpc) is 2.74. The van der Waals surface area contributed by atoms with Crippen molar-refractivity contribution in [3.63, 3.8) is 0 Å². The highest BCUT2D eigenvalue weighted by atomic mass is 35.5. The maximum Gasteiger partial charge on any atom is 0.255 e. The second-order valence-corrected chi connectivity index (χ2v) is 8.76. The number of nitrogens with zero attached hydrogens (tertiary/aromatic N) is 2. The molecule has 0 unspecified atom stereocenters. The highest BCUT2D eigenvalue weighted by Gasteiger charge is 2.22. The molecule has 1 amide bonds. The van der Waals surface area contributed by atoms with E-state index in [4.69, 9.17) is 11.6 Å². The van der Waals surface area contributed by atoms with E-state index >= 15 is 0 Å². The zero-order valence-electron chi connectivity index (χ0n) is 16.7. The van der Waals surface area contributed by atoms with E-state index in [1.807, 2.05) is 41.3 Å². The van der Waals surface area contributed by atoms with Crippen LogP contribution in [0, 0.1) is 6.92 Å². The fraction of sp³-hybridized carbons (Fsp3) is 0.261. The van der Waals surface area contributed by atoms with Gasteiger partial charge in [-0.15, -0.1) is 0 Å². The topological polar surface area (TPSA) is 66.1 Å². The number of H-pyrrole nitrogens is 1. The number of fused-ring (bicyclic) bond motifs is 1. The van der Waals surface area contributed by atoms with Crippen molar-refractivity contribution in [1.82, 2.24) is 14.9 Å². The van der Waals surface area contributed by atoms with Gasteiger partial charge in [-0.2, -0.15) is 0 Å². The molecule has 1 aromatic heterocycles. The second kappa shape index (κ2) is 9.06. The molecule has 1 N–H and O–H groups in total. The number of rotatable bonds is 5. The van der Waals surface area contributed by atoms with Crippen molar-refractivity contribution >= 4 is 29.3 Å². The summed E-state index contributed by atoms with van der Waals surface area (Å²) >= 11 is 7.46. The molecule has 1 aliphatic rings. The van der Waals surface area contributed by atoms with Crippen molar-refractivity contribution in [3.8, 4) is 0 Å². The summed E-state index contributed by atoms with van der Waals surface area (Å²) in [6, 6.07) is 15.8. The summed E-state index contributed by atoms with van der Waals surface area (Å²) in [6.07, 6.45) is 0.907. The Bertz CT molecular complexity index is 1150. The number of carbonyl (C=O) groups excluding carboxylic acids is 1. The fourth-order valence-electron chi connectivity index (χ4n) is 3.61. The summed E-state index contributed by atoms with van der Waals surface area (Å²) < 4.78 is 0. The molecule has 0 saturated heterocycles. The van der Waals surface area contributed by atoms with E-state index in [1.54, 1.807) is 6.92 Å². The van der Waals surface area contributed by atoms with Crippen molar-refractivity contribution in [2.24, 2.45) is 0 Å². The van der Waals surface area contributed by atoms with Crippen LogP contribution in [0.15, 0.2) is 58.5 Å². The van der Waals surface area contributed by atoms with E-state index in [0.29, 0.717) is 40.3 Å². The molecule has 0 bridgehead atoms. The first-order chi connectivity index (χ1) is 14.5. The Hall–Kier alpha value is -2.57. The predicted molar refractivity (Wildman–Crippen MR) is 120 cm³/mol. The van der Waals surface area contributed by atoms with Crippen LogP contribution < -0.4 is 5.56 Å². The maximum atomic E-state index is 12.8. The molecule has 7 heteroatoms. The molecule has 0 atom stereocenters. The van der Waals surface area contributed by atoms with Gasteiger partial charge in [-0.25, -0.2) is 4.98 Å². The molecule has 0 spiro atoms. The number of aryl methyl sites for hydroxylation is 1. The van der Waals surface area contributed by atoms with Crippen LogP contribution in [0.1, 0.15) is 27.9 Å². The summed E-state index contributed by atoms with van der Waals surface area (Å²) in [6.45, 7) is 3.05. The summed E-state index contributed by atoms with van der Waals surface area (Å²) in [5.74, 6) is 0.605. The Balaban J connectivity index is 1.43. The van der Waals surface area contributed by atoms with Gasteiger partial charge < -0.3 is 9.88 Å². The largest absolute Gasteiger partial charge is 0.338 e. The van der Waals surface area contributed by atoms with Gasteiger partial charge >= 0.3 is 0 Å². The van der Waals surface area contributed by atoms with Gasteiger partial charge in [0.25, 0.3) is 5.56 Å². The lowest BCUT2D eigenvalue weighted by Crippen LogP contribution is -2.38. The van der Waals surface area contributed by atoms with Gasteiger partial charge in [-0.1, -0.05) is 59.8 Å². The molecule has 5 nitrogen and oxygen atoms in total. The number of benzene rings is 2. The lowest BCUT2D eigenvalue weighted by molar-refractivity contribution is -0.131. The first kappa shape index (κ1) is 20.7. The lowest BCUT2D eigenvalue weighted by atomic mass is 9.99. The Morgan fingerprint density at radius 1 is 1.20 bits per heavy atom. The Kier molecular flexibility index (Phi) is 6.25. The van der Waals surface area contributed by atoms with Crippen molar-refractivity contribution < 1.29 is 4.79 Å². The molecule has 1 aliphatic heterocycles. The zero-order chi connectivity index (χ0) is 21.1. The van der Waals surface area contributed by atoms with Crippen LogP contribution in [0.2, 0.25) is 5.02 Å². The molecule has 0 saturated carbocycles. The number of amides is 1. The molecule has 0 radical (unpaired) electrons. The number of carbonyl (C=O) groups is 1. The van der Waals surface area contributed by atoms with Crippen molar-refractivity contribution in [3.05, 3.63) is 91.9 Å². The van der Waals surface area contributed by atoms with Gasteiger partial charge in [-0.05, 0) is 42.2 Å². The van der Waals surface area contributed by atoms with E-state index in [-0.39, 0.29) is 17.9 Å². The SMILES string of the molecule is Cc1nc(SCc2cccc(Cl)c2)[nH]c(=O)c1CC(=O)N1CCc2ccccc2C1. The smallest absolute Gasteiger partial charge is 0.255 e. The number of thioether (sulfide) groups is 1. The summed E-state index contributed by atoms with van der Waals surface area (Å²) in [5.41, 5.74) is 4.30. The van der Waals surface area contributed by atoms with Gasteiger partial charge in [0.2, 0.25) is 5.91 Å². The van der Waals surface area contributed by atoms with Crippen LogP contribution >= 0.6 is 23.4 Å². The molecule has 2 aromatic carbocycles. The minimum Gasteiger partial charge on any atom is -0.338 e. The van der Waals surface area contributed by atoms with E-state index in [0.717, 1.165) is 12.0 Å². The van der Waals surface area contributed by atoms with Gasteiger partial charge in [0.1, 0.15) is 0 Å². The van der Waals surface area contributed by atoms with Gasteiger partial charge in [-0.3, -0.25) is 9.59 Å². The van der Waals surface area contributed by atoms with Crippen molar-refractivity contribution in [2.75, 3.05) is 6.54 Å². The Morgan fingerprint density at radius 2 is 2.00 bits per heavy atom. The number of aromatic amines is 1. The average molecular weight is 440 g/mol. The summed E-state index contributed by atoms with van der Waals surface area (Å²) in [4.78, 5) is 34.6. The monoisotopic (exact) mass is 439 g/mol. The Morgan fingerprint density at radius 3 is 2.77 bits per heavy atom. The standard InChI is InChI=1S/C23H22ClN3O2S/c1-15-20(12-21(28)27-10-9-17-6-2-3-7-18(17)13-27)22(29)26-23(25-15)30-14-16-5-4-8-19(24)11-16/h2-8,11H,9-10,12-14H2,1H3,(H,25,26,29). The minimum absolute atomic E-state index is 0.0424. The number of halogens is 1. The Labute approximate surface area is 184 Å². The van der Waals surface area contributed by atoms with E-state index in [1.165, 1.54) is 22.9 Å². The number of hydrogen-bond donors (Lipinski definition) is 1. The lowest BCUT2D eigenvalue weighted by Gasteiger charge is -2.29. The van der Waals surface area contributed by atoms with Crippen LogP contribution in [0.4, 0.5) is 0 Å². The number of aromatic nitrogens is 2. The first-order valence-corrected chi connectivity index (χ1v) is 11.2. The maximum absolute atomic E-state index is 12.8. The van der Waals surface area contributed by atoms with Gasteiger partial charge in [0, 0.05) is 35.1 Å².